The molecule has 0 atom stereocenters. The minimum absolute atomic E-state index is 0.522. The van der Waals surface area contributed by atoms with Gasteiger partial charge in [0.1, 0.15) is 0 Å². The highest BCUT2D eigenvalue weighted by molar-refractivity contribution is 7.81. The average molecular weight is 453 g/mol. The van der Waals surface area contributed by atoms with E-state index in [1.165, 1.54) is 0 Å². The largest absolute Gasteiger partial charge is 0.332 e. The first-order valence-electron chi connectivity index (χ1n) is 10.2. The minimum Gasteiger partial charge on any atom is -0.332 e. The number of para-hydroxylation sites is 4. The van der Waals surface area contributed by atoms with E-state index in [4.69, 9.17) is 24.4 Å². The number of fused-ring (bicyclic) bond motifs is 6. The lowest BCUT2D eigenvalue weighted by molar-refractivity contribution is 1.53. The van der Waals surface area contributed by atoms with Crippen LogP contribution >= 0.6 is 24.4 Å². The lowest BCUT2D eigenvalue weighted by Crippen LogP contribution is -2.22. The first kappa shape index (κ1) is 20.2. The topological polar surface area (TPSA) is 48.1 Å². The zero-order valence-electron chi connectivity index (χ0n) is 17.1. The molecule has 4 aromatic carbocycles. The van der Waals surface area contributed by atoms with Crippen molar-refractivity contribution in [1.82, 2.24) is 0 Å². The second-order valence-electron chi connectivity index (χ2n) is 7.34. The molecule has 5 rings (SSSR count). The molecule has 4 aromatic rings. The maximum atomic E-state index is 5.69. The number of hydrogen-bond donors (Lipinski definition) is 4. The van der Waals surface area contributed by atoms with Crippen LogP contribution < -0.4 is 21.3 Å². The Morgan fingerprint density at radius 3 is 0.812 bits per heavy atom. The molecule has 0 radical (unpaired) electrons. The molecule has 0 bridgehead atoms. The molecule has 1 aliphatic rings. The Labute approximate surface area is 197 Å². The van der Waals surface area contributed by atoms with Gasteiger partial charge in [0.2, 0.25) is 0 Å². The minimum atomic E-state index is 0.522. The van der Waals surface area contributed by atoms with Gasteiger partial charge in [-0.3, -0.25) is 0 Å². The van der Waals surface area contributed by atoms with Crippen LogP contribution in [0.3, 0.4) is 0 Å². The van der Waals surface area contributed by atoms with E-state index in [1.54, 1.807) is 0 Å². The molecule has 156 valence electrons. The van der Waals surface area contributed by atoms with Crippen LogP contribution in [0.2, 0.25) is 0 Å². The highest BCUT2D eigenvalue weighted by atomic mass is 32.1. The van der Waals surface area contributed by atoms with Crippen molar-refractivity contribution in [3.05, 3.63) is 97.1 Å². The van der Waals surface area contributed by atoms with Crippen LogP contribution in [0.15, 0.2) is 97.1 Å². The van der Waals surface area contributed by atoms with Gasteiger partial charge in [-0.2, -0.15) is 0 Å². The summed E-state index contributed by atoms with van der Waals surface area (Å²) in [5.74, 6) is 0. The SMILES string of the molecule is S=C1Nc2ccccc2-c2ccccc2NC(=S)Nc2ccccc2-c2ccccc2N1. The molecule has 0 aliphatic carbocycles. The third-order valence-electron chi connectivity index (χ3n) is 5.28. The van der Waals surface area contributed by atoms with Gasteiger partial charge in [0.25, 0.3) is 0 Å². The normalized spacial score (nSPS) is 12.9. The summed E-state index contributed by atoms with van der Waals surface area (Å²) in [6.07, 6.45) is 0. The summed E-state index contributed by atoms with van der Waals surface area (Å²) in [4.78, 5) is 0. The van der Waals surface area contributed by atoms with E-state index < -0.39 is 0 Å². The molecule has 32 heavy (non-hydrogen) atoms. The molecule has 0 amide bonds. The van der Waals surface area contributed by atoms with E-state index in [2.05, 4.69) is 45.5 Å². The molecule has 1 heterocycles. The van der Waals surface area contributed by atoms with Crippen LogP contribution in [0, 0.1) is 0 Å². The second kappa shape index (κ2) is 8.78. The number of anilines is 4. The van der Waals surface area contributed by atoms with Crippen molar-refractivity contribution in [2.75, 3.05) is 21.3 Å². The molecule has 0 saturated heterocycles. The van der Waals surface area contributed by atoms with Crippen LogP contribution in [-0.4, -0.2) is 10.2 Å². The molecule has 0 saturated carbocycles. The van der Waals surface area contributed by atoms with Gasteiger partial charge >= 0.3 is 0 Å². The molecule has 6 heteroatoms. The molecule has 4 N–H and O–H groups in total. The van der Waals surface area contributed by atoms with Gasteiger partial charge in [-0.1, -0.05) is 72.8 Å². The maximum absolute atomic E-state index is 5.69. The van der Waals surface area contributed by atoms with Crippen molar-refractivity contribution in [2.24, 2.45) is 0 Å². The van der Waals surface area contributed by atoms with Crippen LogP contribution in [0.1, 0.15) is 0 Å². The van der Waals surface area contributed by atoms with Gasteiger partial charge in [-0.05, 0) is 48.7 Å². The standard InChI is InChI=1S/C26H20N4S2/c31-25-27-21-13-5-1-9-17(21)18-10-2-6-14-22(18)28-26(32)30-24-16-8-4-12-20(24)19-11-3-7-15-23(19)29-25/h1-16H,(H2,27,29,31)(H2,28,30,32). The first-order chi connectivity index (χ1) is 15.7. The van der Waals surface area contributed by atoms with Crippen molar-refractivity contribution in [1.29, 1.82) is 0 Å². The van der Waals surface area contributed by atoms with Crippen LogP contribution in [0.5, 0.6) is 0 Å². The van der Waals surface area contributed by atoms with E-state index in [0.717, 1.165) is 45.0 Å². The quantitative estimate of drug-likeness (QED) is 0.217. The van der Waals surface area contributed by atoms with Gasteiger partial charge in [0.15, 0.2) is 10.2 Å². The van der Waals surface area contributed by atoms with E-state index in [-0.39, 0.29) is 0 Å². The molecular formula is C26H20N4S2. The zero-order valence-corrected chi connectivity index (χ0v) is 18.7. The summed E-state index contributed by atoms with van der Waals surface area (Å²) >= 11 is 11.4. The van der Waals surface area contributed by atoms with Crippen molar-refractivity contribution in [3.63, 3.8) is 0 Å². The highest BCUT2D eigenvalue weighted by Gasteiger charge is 2.15. The first-order valence-corrected chi connectivity index (χ1v) is 11.0. The van der Waals surface area contributed by atoms with Crippen LogP contribution in [0.4, 0.5) is 22.7 Å². The van der Waals surface area contributed by atoms with Crippen LogP contribution in [-0.2, 0) is 0 Å². The van der Waals surface area contributed by atoms with Gasteiger partial charge in [-0.25, -0.2) is 0 Å². The fourth-order valence-electron chi connectivity index (χ4n) is 3.86. The molecule has 0 fully saturated rings. The summed E-state index contributed by atoms with van der Waals surface area (Å²) in [6.45, 7) is 0. The monoisotopic (exact) mass is 452 g/mol. The second-order valence-corrected chi connectivity index (χ2v) is 8.16. The number of thiocarbonyl (C=S) groups is 2. The molecule has 0 aromatic heterocycles. The molecule has 1 aliphatic heterocycles. The number of rotatable bonds is 0. The maximum Gasteiger partial charge on any atom is 0.175 e. The summed E-state index contributed by atoms with van der Waals surface area (Å²) in [6, 6.07) is 32.3. The van der Waals surface area contributed by atoms with E-state index in [1.807, 2.05) is 72.8 Å². The molecular weight excluding hydrogens is 432 g/mol. The highest BCUT2D eigenvalue weighted by Crippen LogP contribution is 2.36. The summed E-state index contributed by atoms with van der Waals surface area (Å²) in [7, 11) is 0. The number of benzene rings is 4. The third kappa shape index (κ3) is 4.06. The lowest BCUT2D eigenvalue weighted by atomic mass is 10.0. The molecule has 0 spiro atoms. The summed E-state index contributed by atoms with van der Waals surface area (Å²) in [5.41, 5.74) is 7.73. The Morgan fingerprint density at radius 1 is 0.344 bits per heavy atom. The fourth-order valence-corrected chi connectivity index (χ4v) is 4.30. The Balaban J connectivity index is 1.67. The van der Waals surface area contributed by atoms with E-state index in [9.17, 15) is 0 Å². The van der Waals surface area contributed by atoms with Crippen LogP contribution in [0.25, 0.3) is 22.3 Å². The van der Waals surface area contributed by atoms with Gasteiger partial charge in [0.05, 0.1) is 0 Å². The van der Waals surface area contributed by atoms with Gasteiger partial charge in [0, 0.05) is 45.0 Å². The third-order valence-corrected chi connectivity index (χ3v) is 5.69. The van der Waals surface area contributed by atoms with Crippen molar-refractivity contribution in [3.8, 4) is 22.3 Å². The number of nitrogens with one attached hydrogen (secondary N) is 4. The fraction of sp³-hybridized carbons (Fsp3) is 0. The van der Waals surface area contributed by atoms with E-state index >= 15 is 0 Å². The van der Waals surface area contributed by atoms with Gasteiger partial charge in [-0.15, -0.1) is 0 Å². The molecule has 4 nitrogen and oxygen atoms in total. The Kier molecular flexibility index (Phi) is 5.54. The predicted octanol–water partition coefficient (Wildman–Crippen LogP) is 6.95. The van der Waals surface area contributed by atoms with Crippen molar-refractivity contribution in [2.45, 2.75) is 0 Å². The Bertz CT molecular complexity index is 1130. The predicted molar refractivity (Wildman–Crippen MR) is 143 cm³/mol. The Morgan fingerprint density at radius 2 is 0.562 bits per heavy atom. The Hall–Kier alpha value is -3.74. The number of hydrogen-bond acceptors (Lipinski definition) is 2. The smallest absolute Gasteiger partial charge is 0.175 e. The van der Waals surface area contributed by atoms with Gasteiger partial charge < -0.3 is 21.3 Å². The zero-order chi connectivity index (χ0) is 21.9. The van der Waals surface area contributed by atoms with Crippen molar-refractivity contribution >= 4 is 57.4 Å². The summed E-state index contributed by atoms with van der Waals surface area (Å²) in [5, 5.41) is 14.5. The average Bonchev–Trinajstić information content (AvgIpc) is 2.80. The van der Waals surface area contributed by atoms with E-state index in [0.29, 0.717) is 10.2 Å². The molecule has 0 unspecified atom stereocenters. The summed E-state index contributed by atoms with van der Waals surface area (Å²) < 4.78 is 0. The van der Waals surface area contributed by atoms with Crippen molar-refractivity contribution < 1.29 is 0 Å². The lowest BCUT2D eigenvalue weighted by Gasteiger charge is -2.21.